The Morgan fingerprint density at radius 3 is 1.05 bits per heavy atom. The van der Waals surface area contributed by atoms with Crippen molar-refractivity contribution >= 4 is 13.7 Å². The molecule has 0 fully saturated rings. The number of aliphatic hydroxyl groups excluding tert-OH is 1. The number of phosphoric ester groups is 1. The van der Waals surface area contributed by atoms with Gasteiger partial charge in [0.05, 0.1) is 18.8 Å². The first-order chi connectivity index (χ1) is 28.3. The molecule has 4 N–H and O–H groups in total. The Balaban J connectivity index is 3.61. The molecule has 8 heteroatoms. The Labute approximate surface area is 361 Å². The average molecular weight is 842 g/mol. The second-order valence-corrected chi connectivity index (χ2v) is 19.1. The van der Waals surface area contributed by atoms with Crippen LogP contribution in [0.25, 0.3) is 0 Å². The number of allylic oxidation sites excluding steroid dienone is 1. The fourth-order valence-corrected chi connectivity index (χ4v) is 8.46. The van der Waals surface area contributed by atoms with Crippen molar-refractivity contribution in [2.45, 2.75) is 296 Å². The van der Waals surface area contributed by atoms with Gasteiger partial charge in [0.15, 0.2) is 0 Å². The number of hydrogen-bond acceptors (Lipinski definition) is 4. The van der Waals surface area contributed by atoms with E-state index in [9.17, 15) is 14.5 Å². The average Bonchev–Trinajstić information content (AvgIpc) is 3.20. The molecule has 0 saturated heterocycles. The minimum Gasteiger partial charge on any atom is -0.387 e. The molecule has 0 heterocycles. The predicted molar refractivity (Wildman–Crippen MR) is 250 cm³/mol. The van der Waals surface area contributed by atoms with Gasteiger partial charge in [-0.05, 0) is 19.3 Å². The lowest BCUT2D eigenvalue weighted by Crippen LogP contribution is -2.45. The standard InChI is InChI=1S/C50H100NO6P/c1-3-5-7-9-11-13-15-16-17-18-19-20-21-22-23-24-25-26-27-28-29-30-31-32-33-34-35-36-38-40-42-44-46-50(53)51-48(47-57-58(54,55)56)49(52)45-43-41-39-37-14-12-10-8-6-4-2/h43,45,48-49,52H,3-42,44,46-47H2,1-2H3,(H,51,53)(H2,54,55,56)/b45-43+/t48-,49+/m0/s1. The lowest BCUT2D eigenvalue weighted by molar-refractivity contribution is -0.123. The first-order valence-corrected chi connectivity index (χ1v) is 27.2. The Kier molecular flexibility index (Phi) is 45.2. The fourth-order valence-electron chi connectivity index (χ4n) is 8.11. The van der Waals surface area contributed by atoms with Crippen molar-refractivity contribution < 1.29 is 28.8 Å². The van der Waals surface area contributed by atoms with Crippen LogP contribution >= 0.6 is 7.82 Å². The van der Waals surface area contributed by atoms with Gasteiger partial charge in [-0.2, -0.15) is 0 Å². The number of carbonyl (C=O) groups excluding carboxylic acids is 1. The highest BCUT2D eigenvalue weighted by molar-refractivity contribution is 7.46. The van der Waals surface area contributed by atoms with Crippen LogP contribution in [0.3, 0.4) is 0 Å². The van der Waals surface area contributed by atoms with Gasteiger partial charge in [-0.1, -0.05) is 270 Å². The van der Waals surface area contributed by atoms with Crippen LogP contribution in [0.2, 0.25) is 0 Å². The molecule has 0 spiro atoms. The van der Waals surface area contributed by atoms with Crippen molar-refractivity contribution in [2.75, 3.05) is 6.61 Å². The highest BCUT2D eigenvalue weighted by Crippen LogP contribution is 2.36. The zero-order valence-electron chi connectivity index (χ0n) is 38.7. The Morgan fingerprint density at radius 1 is 0.483 bits per heavy atom. The number of carbonyl (C=O) groups is 1. The minimum absolute atomic E-state index is 0.222. The van der Waals surface area contributed by atoms with Crippen LogP contribution in [0.1, 0.15) is 284 Å². The van der Waals surface area contributed by atoms with E-state index < -0.39 is 26.6 Å². The van der Waals surface area contributed by atoms with Crippen molar-refractivity contribution in [3.8, 4) is 0 Å². The first-order valence-electron chi connectivity index (χ1n) is 25.6. The number of hydrogen-bond donors (Lipinski definition) is 4. The number of unbranched alkanes of at least 4 members (excludes halogenated alkanes) is 39. The third-order valence-corrected chi connectivity index (χ3v) is 12.5. The van der Waals surface area contributed by atoms with Crippen LogP contribution in [0.15, 0.2) is 12.2 Å². The minimum atomic E-state index is -4.71. The van der Waals surface area contributed by atoms with Gasteiger partial charge in [0.25, 0.3) is 0 Å². The van der Waals surface area contributed by atoms with Crippen molar-refractivity contribution in [3.63, 3.8) is 0 Å². The molecule has 0 aromatic carbocycles. The van der Waals surface area contributed by atoms with Crippen molar-refractivity contribution in [1.29, 1.82) is 0 Å². The van der Waals surface area contributed by atoms with E-state index >= 15 is 0 Å². The Hall–Kier alpha value is -0.720. The zero-order chi connectivity index (χ0) is 42.5. The van der Waals surface area contributed by atoms with Crippen molar-refractivity contribution in [3.05, 3.63) is 12.2 Å². The van der Waals surface area contributed by atoms with E-state index in [2.05, 4.69) is 23.7 Å². The van der Waals surface area contributed by atoms with Crippen LogP contribution in [-0.4, -0.2) is 39.6 Å². The van der Waals surface area contributed by atoms with E-state index in [1.807, 2.05) is 6.08 Å². The van der Waals surface area contributed by atoms with Crippen LogP contribution in [0, 0.1) is 0 Å². The van der Waals surface area contributed by atoms with Gasteiger partial charge in [0.2, 0.25) is 5.91 Å². The molecular formula is C50H100NO6P. The van der Waals surface area contributed by atoms with Gasteiger partial charge in [0.1, 0.15) is 0 Å². The largest absolute Gasteiger partial charge is 0.469 e. The number of phosphoric acid groups is 1. The maximum absolute atomic E-state index is 12.6. The van der Waals surface area contributed by atoms with E-state index in [1.165, 1.54) is 225 Å². The van der Waals surface area contributed by atoms with Crippen LogP contribution < -0.4 is 5.32 Å². The molecule has 0 aliphatic carbocycles. The maximum atomic E-state index is 12.6. The van der Waals surface area contributed by atoms with Gasteiger partial charge in [-0.25, -0.2) is 4.57 Å². The number of rotatable bonds is 48. The van der Waals surface area contributed by atoms with E-state index in [1.54, 1.807) is 6.08 Å². The summed E-state index contributed by atoms with van der Waals surface area (Å²) in [5, 5.41) is 13.4. The predicted octanol–water partition coefficient (Wildman–Crippen LogP) is 15.9. The summed E-state index contributed by atoms with van der Waals surface area (Å²) >= 11 is 0. The van der Waals surface area contributed by atoms with Gasteiger partial charge in [-0.3, -0.25) is 9.32 Å². The van der Waals surface area contributed by atoms with Gasteiger partial charge < -0.3 is 20.2 Å². The molecule has 0 aromatic rings. The lowest BCUT2D eigenvalue weighted by Gasteiger charge is -2.22. The summed E-state index contributed by atoms with van der Waals surface area (Å²) in [5.74, 6) is -0.222. The van der Waals surface area contributed by atoms with Crippen molar-refractivity contribution in [2.24, 2.45) is 0 Å². The first kappa shape index (κ1) is 57.3. The lowest BCUT2D eigenvalue weighted by atomic mass is 10.0. The summed E-state index contributed by atoms with van der Waals surface area (Å²) in [6, 6.07) is -0.904. The molecule has 58 heavy (non-hydrogen) atoms. The fraction of sp³-hybridized carbons (Fsp3) is 0.940. The molecule has 0 radical (unpaired) electrons. The van der Waals surface area contributed by atoms with Crippen LogP contribution in [0.5, 0.6) is 0 Å². The topological polar surface area (TPSA) is 116 Å². The van der Waals surface area contributed by atoms with E-state index in [4.69, 9.17) is 9.79 Å². The van der Waals surface area contributed by atoms with Crippen LogP contribution in [0.4, 0.5) is 0 Å². The molecule has 7 nitrogen and oxygen atoms in total. The van der Waals surface area contributed by atoms with E-state index in [0.717, 1.165) is 38.5 Å². The molecule has 0 aliphatic rings. The Morgan fingerprint density at radius 2 is 0.759 bits per heavy atom. The third-order valence-electron chi connectivity index (χ3n) is 12.0. The molecule has 2 atom stereocenters. The summed E-state index contributed by atoms with van der Waals surface area (Å²) < 4.78 is 15.9. The van der Waals surface area contributed by atoms with Gasteiger partial charge in [0, 0.05) is 6.42 Å². The summed E-state index contributed by atoms with van der Waals surface area (Å²) in [6.07, 6.45) is 57.2. The molecule has 0 unspecified atom stereocenters. The summed E-state index contributed by atoms with van der Waals surface area (Å²) in [6.45, 7) is 4.08. The Bertz CT molecular complexity index is 911. The van der Waals surface area contributed by atoms with Crippen molar-refractivity contribution in [1.82, 2.24) is 5.32 Å². The molecule has 0 aromatic heterocycles. The van der Waals surface area contributed by atoms with Gasteiger partial charge >= 0.3 is 7.82 Å². The van der Waals surface area contributed by atoms with E-state index in [0.29, 0.717) is 6.42 Å². The maximum Gasteiger partial charge on any atom is 0.469 e. The summed E-state index contributed by atoms with van der Waals surface area (Å²) in [7, 11) is -4.71. The third kappa shape index (κ3) is 46.3. The highest BCUT2D eigenvalue weighted by Gasteiger charge is 2.24. The highest BCUT2D eigenvalue weighted by atomic mass is 31.2. The molecule has 0 saturated carbocycles. The zero-order valence-corrected chi connectivity index (χ0v) is 39.6. The molecule has 0 aliphatic heterocycles. The number of nitrogens with one attached hydrogen (secondary N) is 1. The second-order valence-electron chi connectivity index (χ2n) is 17.9. The van der Waals surface area contributed by atoms with E-state index in [-0.39, 0.29) is 5.91 Å². The SMILES string of the molecule is CCCCCCCCCC/C=C/[C@@H](O)[C@H](COP(=O)(O)O)NC(=O)CCCCCCCCCCCCCCCCCCCCCCCCCCCCCCCCCC. The molecule has 0 bridgehead atoms. The normalized spacial score (nSPS) is 13.1. The molecule has 346 valence electrons. The molecular weight excluding hydrogens is 742 g/mol. The number of amides is 1. The molecule has 0 rings (SSSR count). The van der Waals surface area contributed by atoms with Gasteiger partial charge in [-0.15, -0.1) is 0 Å². The number of aliphatic hydroxyl groups is 1. The summed E-state index contributed by atoms with van der Waals surface area (Å²) in [5.41, 5.74) is 0. The second kappa shape index (κ2) is 45.8. The quantitative estimate of drug-likeness (QED) is 0.0275. The molecule has 1 amide bonds. The van der Waals surface area contributed by atoms with Crippen LogP contribution in [-0.2, 0) is 13.9 Å². The summed E-state index contributed by atoms with van der Waals surface area (Å²) in [4.78, 5) is 30.9. The smallest absolute Gasteiger partial charge is 0.387 e. The monoisotopic (exact) mass is 842 g/mol.